The number of aliphatic hydroxyl groups is 1. The van der Waals surface area contributed by atoms with Crippen LogP contribution in [-0.2, 0) is 13.9 Å². The molecule has 0 bridgehead atoms. The quantitative estimate of drug-likeness (QED) is 0.409. The molecule has 9 heteroatoms. The number of amides is 1. The fraction of sp³-hybridized carbons (Fsp3) is 0.765. The normalized spacial score (nSPS) is 21.2. The number of β-amino-alcohol motifs (C(OH)–C–C–N with tert-alkyl or cyclic N) is 1. The van der Waals surface area contributed by atoms with E-state index in [2.05, 4.69) is 33.9 Å². The first-order valence-corrected chi connectivity index (χ1v) is 11.6. The van der Waals surface area contributed by atoms with Crippen LogP contribution in [0.1, 0.15) is 27.7 Å². The zero-order valence-electron chi connectivity index (χ0n) is 16.4. The summed E-state index contributed by atoms with van der Waals surface area (Å²) in [5.74, 6) is 0. The zero-order chi connectivity index (χ0) is 20.1. The van der Waals surface area contributed by atoms with E-state index in [1.165, 1.54) is 0 Å². The highest BCUT2D eigenvalue weighted by molar-refractivity contribution is 6.74. The van der Waals surface area contributed by atoms with Gasteiger partial charge in [0.2, 0.25) is 0 Å². The Morgan fingerprint density at radius 2 is 1.92 bits per heavy atom. The number of aliphatic hydroxyl groups excluding tert-OH is 1. The fourth-order valence-corrected chi connectivity index (χ4v) is 3.22. The van der Waals surface area contributed by atoms with Crippen LogP contribution < -0.4 is 0 Å². The maximum Gasteiger partial charge on any atom is 0.508 e. The molecule has 0 fully saturated rings. The van der Waals surface area contributed by atoms with Crippen molar-refractivity contribution in [1.29, 1.82) is 0 Å². The molecule has 0 saturated carbocycles. The third kappa shape index (κ3) is 5.99. The summed E-state index contributed by atoms with van der Waals surface area (Å²) in [5.41, 5.74) is 0.444. The molecule has 1 aliphatic rings. The lowest BCUT2D eigenvalue weighted by molar-refractivity contribution is 0.0471. The summed E-state index contributed by atoms with van der Waals surface area (Å²) in [6, 6.07) is -0.550. The minimum absolute atomic E-state index is 0.00516. The van der Waals surface area contributed by atoms with Crippen LogP contribution in [0.4, 0.5) is 9.59 Å². The van der Waals surface area contributed by atoms with Crippen LogP contribution in [0.15, 0.2) is 11.6 Å². The van der Waals surface area contributed by atoms with E-state index in [4.69, 9.17) is 13.9 Å². The van der Waals surface area contributed by atoms with Gasteiger partial charge in [-0.2, -0.15) is 0 Å². The molecular weight excluding hydrogens is 358 g/mol. The van der Waals surface area contributed by atoms with Gasteiger partial charge >= 0.3 is 12.2 Å². The van der Waals surface area contributed by atoms with Crippen molar-refractivity contribution < 1.29 is 33.7 Å². The summed E-state index contributed by atoms with van der Waals surface area (Å²) in [5, 5.41) is 19.6. The summed E-state index contributed by atoms with van der Waals surface area (Å²) in [4.78, 5) is 24.0. The second-order valence-electron chi connectivity index (χ2n) is 7.80. The molecule has 1 heterocycles. The lowest BCUT2D eigenvalue weighted by atomic mass is 10.0. The van der Waals surface area contributed by atoms with Gasteiger partial charge in [-0.25, -0.2) is 9.59 Å². The molecule has 1 aliphatic heterocycles. The minimum atomic E-state index is -2.06. The third-order valence-corrected chi connectivity index (χ3v) is 9.39. The number of carbonyl (C=O) groups excluding carboxylic acids is 1. The van der Waals surface area contributed by atoms with Crippen LogP contribution in [0.3, 0.4) is 0 Å². The van der Waals surface area contributed by atoms with Crippen molar-refractivity contribution in [3.8, 4) is 0 Å². The molecule has 0 spiro atoms. The molecule has 2 atom stereocenters. The van der Waals surface area contributed by atoms with Gasteiger partial charge in [-0.15, -0.1) is 0 Å². The highest BCUT2D eigenvalue weighted by Crippen LogP contribution is 2.37. The van der Waals surface area contributed by atoms with Gasteiger partial charge in [0.15, 0.2) is 8.32 Å². The molecule has 8 nitrogen and oxygen atoms in total. The molecule has 0 aliphatic carbocycles. The number of carboxylic acid groups (broad SMARTS) is 1. The number of carbonyl (C=O) groups is 2. The molecule has 2 unspecified atom stereocenters. The van der Waals surface area contributed by atoms with E-state index < -0.39 is 32.7 Å². The Bertz CT molecular complexity index is 542. The second kappa shape index (κ2) is 8.87. The lowest BCUT2D eigenvalue weighted by Gasteiger charge is -2.40. The monoisotopic (exact) mass is 389 g/mol. The van der Waals surface area contributed by atoms with Gasteiger partial charge in [-0.1, -0.05) is 26.8 Å². The van der Waals surface area contributed by atoms with Gasteiger partial charge in [0.25, 0.3) is 0 Å². The van der Waals surface area contributed by atoms with Crippen molar-refractivity contribution in [2.24, 2.45) is 0 Å². The van der Waals surface area contributed by atoms with Crippen LogP contribution in [0.5, 0.6) is 0 Å². The topological polar surface area (TPSA) is 106 Å². The Morgan fingerprint density at radius 1 is 1.31 bits per heavy atom. The van der Waals surface area contributed by atoms with Gasteiger partial charge in [0.05, 0.1) is 31.9 Å². The molecular formula is C17H31NO7Si. The lowest BCUT2D eigenvalue weighted by Crippen LogP contribution is -2.52. The Morgan fingerprint density at radius 3 is 2.42 bits per heavy atom. The van der Waals surface area contributed by atoms with E-state index in [0.29, 0.717) is 5.57 Å². The van der Waals surface area contributed by atoms with Gasteiger partial charge in [0.1, 0.15) is 6.61 Å². The average molecular weight is 390 g/mol. The molecule has 0 aromatic rings. The average Bonchev–Trinajstić information content (AvgIpc) is 2.51. The number of rotatable bonds is 6. The van der Waals surface area contributed by atoms with Crippen molar-refractivity contribution in [3.05, 3.63) is 11.6 Å². The zero-order valence-corrected chi connectivity index (χ0v) is 17.4. The van der Waals surface area contributed by atoms with Gasteiger partial charge in [-0.05, 0) is 30.6 Å². The van der Waals surface area contributed by atoms with Gasteiger partial charge < -0.3 is 24.1 Å². The molecule has 26 heavy (non-hydrogen) atoms. The first-order chi connectivity index (χ1) is 11.9. The summed E-state index contributed by atoms with van der Waals surface area (Å²) in [6.07, 6.45) is -1.39. The second-order valence-corrected chi connectivity index (χ2v) is 12.6. The molecule has 0 radical (unpaired) electrons. The summed E-state index contributed by atoms with van der Waals surface area (Å²) < 4.78 is 15.8. The summed E-state index contributed by atoms with van der Waals surface area (Å²) in [7, 11) is -2.06. The Balaban J connectivity index is 2.88. The van der Waals surface area contributed by atoms with Crippen LogP contribution in [0.25, 0.3) is 0 Å². The van der Waals surface area contributed by atoms with E-state index in [1.54, 1.807) is 13.0 Å². The smallest absolute Gasteiger partial charge is 0.465 e. The van der Waals surface area contributed by atoms with Crippen molar-refractivity contribution in [3.63, 3.8) is 0 Å². The summed E-state index contributed by atoms with van der Waals surface area (Å²) >= 11 is 0. The first kappa shape index (κ1) is 22.5. The SMILES string of the molecule is CCOC(=O)OCC1=CC(CO[Si](C)(C)C(C)(C)C)N(C(=O)O)CC1O. The number of ether oxygens (including phenoxy) is 2. The van der Waals surface area contributed by atoms with Gasteiger partial charge in [-0.3, -0.25) is 4.90 Å². The minimum Gasteiger partial charge on any atom is -0.465 e. The number of hydrogen-bond acceptors (Lipinski definition) is 6. The molecule has 1 amide bonds. The van der Waals surface area contributed by atoms with Crippen LogP contribution in [0, 0.1) is 0 Å². The maximum atomic E-state index is 11.5. The predicted octanol–water partition coefficient (Wildman–Crippen LogP) is 2.83. The molecule has 1 rings (SSSR count). The standard InChI is InChI=1S/C17H31NO7Si/c1-7-23-16(22)24-10-12-8-13(18(15(20)21)9-14(12)19)11-25-26(5,6)17(2,3)4/h8,13-14,19H,7,9-11H2,1-6H3,(H,20,21). The Labute approximate surface area is 155 Å². The first-order valence-electron chi connectivity index (χ1n) is 8.70. The van der Waals surface area contributed by atoms with Crippen molar-refractivity contribution >= 4 is 20.6 Å². The van der Waals surface area contributed by atoms with Crippen LogP contribution >= 0.6 is 0 Å². The predicted molar refractivity (Wildman–Crippen MR) is 98.7 cm³/mol. The van der Waals surface area contributed by atoms with E-state index in [1.807, 2.05) is 0 Å². The molecule has 150 valence electrons. The van der Waals surface area contributed by atoms with E-state index >= 15 is 0 Å². The Hall–Kier alpha value is -1.58. The van der Waals surface area contributed by atoms with Crippen molar-refractivity contribution in [2.75, 3.05) is 26.4 Å². The Kier molecular flexibility index (Phi) is 7.66. The van der Waals surface area contributed by atoms with Crippen molar-refractivity contribution in [2.45, 2.75) is 58.0 Å². The van der Waals surface area contributed by atoms with E-state index in [-0.39, 0.29) is 31.4 Å². The molecule has 0 aromatic carbocycles. The van der Waals surface area contributed by atoms with Crippen molar-refractivity contribution in [1.82, 2.24) is 4.90 Å². The third-order valence-electron chi connectivity index (χ3n) is 4.89. The molecule has 0 saturated heterocycles. The van der Waals surface area contributed by atoms with Crippen LogP contribution in [-0.4, -0.2) is 74.2 Å². The molecule has 2 N–H and O–H groups in total. The fourth-order valence-electron chi connectivity index (χ4n) is 2.20. The number of nitrogens with zero attached hydrogens (tertiary/aromatic N) is 1. The highest BCUT2D eigenvalue weighted by Gasteiger charge is 2.39. The van der Waals surface area contributed by atoms with Crippen LogP contribution in [0.2, 0.25) is 18.1 Å². The number of hydrogen-bond donors (Lipinski definition) is 2. The van der Waals surface area contributed by atoms with E-state index in [9.17, 15) is 19.8 Å². The summed E-state index contributed by atoms with van der Waals surface area (Å²) in [6.45, 7) is 12.3. The largest absolute Gasteiger partial charge is 0.508 e. The maximum absolute atomic E-state index is 11.5. The van der Waals surface area contributed by atoms with E-state index in [0.717, 1.165) is 4.90 Å². The van der Waals surface area contributed by atoms with Gasteiger partial charge in [0, 0.05) is 0 Å². The molecule has 0 aromatic heterocycles. The highest BCUT2D eigenvalue weighted by atomic mass is 28.4.